The lowest BCUT2D eigenvalue weighted by atomic mass is 9.72. The van der Waals surface area contributed by atoms with Crippen LogP contribution in [0.3, 0.4) is 0 Å². The smallest absolute Gasteiger partial charge is 0.411 e. The molecule has 3 saturated heterocycles. The normalized spacial score (nSPS) is 28.8. The maximum absolute atomic E-state index is 13.1. The number of likely N-dealkylation sites (tertiary alicyclic amines) is 2. The molecule has 156 valence electrons. The first-order valence-electron chi connectivity index (χ1n) is 9.81. The zero-order chi connectivity index (χ0) is 21.0. The number of hydroxylamine groups is 2. The molecule has 8 heteroatoms. The number of carbonyl (C=O) groups excluding carboxylic acids is 3. The molecule has 8 nitrogen and oxygen atoms in total. The lowest BCUT2D eigenvalue weighted by Gasteiger charge is -2.50. The summed E-state index contributed by atoms with van der Waals surface area (Å²) in [6.45, 7) is 6.57. The van der Waals surface area contributed by atoms with Crippen molar-refractivity contribution in [1.29, 1.82) is 0 Å². The van der Waals surface area contributed by atoms with Crippen LogP contribution >= 0.6 is 0 Å². The van der Waals surface area contributed by atoms with Crippen molar-refractivity contribution in [2.75, 3.05) is 26.7 Å². The highest BCUT2D eigenvalue weighted by molar-refractivity contribution is 5.99. The third-order valence-corrected chi connectivity index (χ3v) is 5.82. The first-order chi connectivity index (χ1) is 13.6. The predicted octanol–water partition coefficient (Wildman–Crippen LogP) is 1.80. The summed E-state index contributed by atoms with van der Waals surface area (Å²) in [4.78, 5) is 47.3. The van der Waals surface area contributed by atoms with Gasteiger partial charge in [0.2, 0.25) is 5.91 Å². The maximum atomic E-state index is 13.1. The Balaban J connectivity index is 1.51. The number of β-lactam (4-membered cyclic amide) rings is 2. The topological polar surface area (TPSA) is 79.4 Å². The van der Waals surface area contributed by atoms with Crippen LogP contribution in [0.2, 0.25) is 0 Å². The van der Waals surface area contributed by atoms with Crippen LogP contribution in [0.4, 0.5) is 4.79 Å². The number of rotatable bonds is 3. The van der Waals surface area contributed by atoms with Gasteiger partial charge in [0.05, 0.1) is 12.0 Å². The van der Waals surface area contributed by atoms with Gasteiger partial charge in [-0.05, 0) is 32.8 Å². The zero-order valence-electron chi connectivity index (χ0n) is 17.3. The van der Waals surface area contributed by atoms with E-state index in [0.29, 0.717) is 13.0 Å². The standard InChI is InChI=1S/C21H27N3O5/c1-19(2,3)29-18(27)23-13-20(12-22(4)16(20)25)11-21(23)14-24(17(21)26)28-10-15-8-6-5-7-9-15/h5-9H,10-14H2,1-4H3. The van der Waals surface area contributed by atoms with Gasteiger partial charge < -0.3 is 9.64 Å². The molecule has 0 aromatic heterocycles. The van der Waals surface area contributed by atoms with E-state index >= 15 is 0 Å². The Morgan fingerprint density at radius 2 is 1.76 bits per heavy atom. The van der Waals surface area contributed by atoms with Crippen LogP contribution in [-0.4, -0.2) is 70.6 Å². The summed E-state index contributed by atoms with van der Waals surface area (Å²) in [7, 11) is 1.73. The highest BCUT2D eigenvalue weighted by Gasteiger charge is 2.72. The Kier molecular flexibility index (Phi) is 4.38. The van der Waals surface area contributed by atoms with E-state index in [2.05, 4.69) is 0 Å². The van der Waals surface area contributed by atoms with Crippen LogP contribution in [0.25, 0.3) is 0 Å². The molecule has 0 saturated carbocycles. The lowest BCUT2D eigenvalue weighted by Crippen LogP contribution is -2.73. The Bertz CT molecular complexity index is 852. The molecule has 0 bridgehead atoms. The van der Waals surface area contributed by atoms with Gasteiger partial charge in [-0.15, -0.1) is 0 Å². The molecule has 2 unspecified atom stereocenters. The van der Waals surface area contributed by atoms with Crippen LogP contribution < -0.4 is 0 Å². The van der Waals surface area contributed by atoms with Gasteiger partial charge in [-0.2, -0.15) is 0 Å². The minimum Gasteiger partial charge on any atom is -0.444 e. The van der Waals surface area contributed by atoms with Crippen LogP contribution in [0.5, 0.6) is 0 Å². The number of carbonyl (C=O) groups is 3. The summed E-state index contributed by atoms with van der Waals surface area (Å²) in [6, 6.07) is 9.56. The summed E-state index contributed by atoms with van der Waals surface area (Å²) in [5, 5.41) is 1.29. The molecule has 3 amide bonds. The average Bonchev–Trinajstić information content (AvgIpc) is 3.04. The second kappa shape index (κ2) is 6.45. The largest absolute Gasteiger partial charge is 0.444 e. The molecule has 29 heavy (non-hydrogen) atoms. The van der Waals surface area contributed by atoms with Crippen LogP contribution in [0.15, 0.2) is 30.3 Å². The molecule has 2 atom stereocenters. The molecule has 3 aliphatic rings. The number of ether oxygens (including phenoxy) is 1. The predicted molar refractivity (Wildman–Crippen MR) is 103 cm³/mol. The van der Waals surface area contributed by atoms with E-state index in [0.717, 1.165) is 5.56 Å². The molecule has 0 radical (unpaired) electrons. The highest BCUT2D eigenvalue weighted by atomic mass is 16.7. The molecule has 1 aromatic rings. The SMILES string of the molecule is CN1CC2(CN(C(=O)OC(C)(C)C)C3(CN(OCc4ccccc4)C3=O)C2)C1=O. The number of hydrogen-bond acceptors (Lipinski definition) is 5. The molecule has 0 N–H and O–H groups in total. The van der Waals surface area contributed by atoms with Crippen molar-refractivity contribution in [2.24, 2.45) is 5.41 Å². The maximum Gasteiger partial charge on any atom is 0.411 e. The molecule has 3 heterocycles. The summed E-state index contributed by atoms with van der Waals surface area (Å²) in [5.41, 5.74) is -1.52. The van der Waals surface area contributed by atoms with Gasteiger partial charge in [0, 0.05) is 20.1 Å². The Morgan fingerprint density at radius 1 is 1.07 bits per heavy atom. The Labute approximate surface area is 170 Å². The third-order valence-electron chi connectivity index (χ3n) is 5.82. The average molecular weight is 401 g/mol. The molecule has 0 aliphatic carbocycles. The van der Waals surface area contributed by atoms with Crippen LogP contribution in [-0.2, 0) is 25.8 Å². The summed E-state index contributed by atoms with van der Waals surface area (Å²) < 4.78 is 5.54. The van der Waals surface area contributed by atoms with Crippen molar-refractivity contribution >= 4 is 17.9 Å². The summed E-state index contributed by atoms with van der Waals surface area (Å²) >= 11 is 0. The molecule has 4 rings (SSSR count). The van der Waals surface area contributed by atoms with Gasteiger partial charge >= 0.3 is 6.09 Å². The van der Waals surface area contributed by atoms with Crippen LogP contribution in [0, 0.1) is 5.41 Å². The first kappa shape index (κ1) is 19.7. The van der Waals surface area contributed by atoms with Gasteiger partial charge in [-0.25, -0.2) is 9.86 Å². The van der Waals surface area contributed by atoms with Crippen molar-refractivity contribution in [3.05, 3.63) is 35.9 Å². The van der Waals surface area contributed by atoms with Gasteiger partial charge in [0.1, 0.15) is 17.7 Å². The van der Waals surface area contributed by atoms with Gasteiger partial charge in [0.25, 0.3) is 5.91 Å². The molecule has 3 aliphatic heterocycles. The van der Waals surface area contributed by atoms with Crippen molar-refractivity contribution < 1.29 is 24.0 Å². The van der Waals surface area contributed by atoms with Crippen molar-refractivity contribution in [3.8, 4) is 0 Å². The quantitative estimate of drug-likeness (QED) is 0.722. The number of amides is 3. The second-order valence-electron chi connectivity index (χ2n) is 9.32. The lowest BCUT2D eigenvalue weighted by molar-refractivity contribution is -0.241. The van der Waals surface area contributed by atoms with E-state index in [4.69, 9.17) is 9.57 Å². The van der Waals surface area contributed by atoms with Gasteiger partial charge in [-0.3, -0.25) is 19.3 Å². The summed E-state index contributed by atoms with van der Waals surface area (Å²) in [6.07, 6.45) is -0.250. The van der Waals surface area contributed by atoms with E-state index in [9.17, 15) is 14.4 Å². The fourth-order valence-electron chi connectivity index (χ4n) is 4.56. The summed E-state index contributed by atoms with van der Waals surface area (Å²) in [5.74, 6) is -0.321. The minimum absolute atomic E-state index is 0.0283. The minimum atomic E-state index is -1.07. The van der Waals surface area contributed by atoms with E-state index in [1.807, 2.05) is 30.3 Å². The van der Waals surface area contributed by atoms with Crippen molar-refractivity contribution in [2.45, 2.75) is 44.9 Å². The molecular weight excluding hydrogens is 374 g/mol. The number of hydrogen-bond donors (Lipinski definition) is 0. The zero-order valence-corrected chi connectivity index (χ0v) is 17.3. The molecule has 1 aromatic carbocycles. The molecule has 3 fully saturated rings. The Morgan fingerprint density at radius 3 is 2.31 bits per heavy atom. The number of benzene rings is 1. The number of nitrogens with zero attached hydrogens (tertiary/aromatic N) is 3. The van der Waals surface area contributed by atoms with E-state index in [1.165, 1.54) is 9.96 Å². The first-order valence-corrected chi connectivity index (χ1v) is 9.81. The third kappa shape index (κ3) is 3.15. The van der Waals surface area contributed by atoms with Crippen molar-refractivity contribution in [3.63, 3.8) is 0 Å². The van der Waals surface area contributed by atoms with Gasteiger partial charge in [-0.1, -0.05) is 30.3 Å². The fraction of sp³-hybridized carbons (Fsp3) is 0.571. The second-order valence-corrected chi connectivity index (χ2v) is 9.32. The Hall–Kier alpha value is -2.61. The molecule has 2 spiro atoms. The van der Waals surface area contributed by atoms with Crippen LogP contribution in [0.1, 0.15) is 32.8 Å². The van der Waals surface area contributed by atoms with Gasteiger partial charge in [0.15, 0.2) is 0 Å². The molecular formula is C21H27N3O5. The monoisotopic (exact) mass is 401 g/mol. The highest BCUT2D eigenvalue weighted by Crippen LogP contribution is 2.52. The fourth-order valence-corrected chi connectivity index (χ4v) is 4.56. The van der Waals surface area contributed by atoms with E-state index in [-0.39, 0.29) is 31.5 Å². The van der Waals surface area contributed by atoms with E-state index < -0.39 is 22.6 Å². The van der Waals surface area contributed by atoms with Crippen molar-refractivity contribution in [1.82, 2.24) is 14.9 Å². The van der Waals surface area contributed by atoms with E-state index in [1.54, 1.807) is 32.7 Å².